The summed E-state index contributed by atoms with van der Waals surface area (Å²) in [7, 11) is 2.16. The SMILES string of the molecule is CN(CCC(C)(CO)NC1CC1)CC1CCCCO1. The van der Waals surface area contributed by atoms with E-state index in [2.05, 4.69) is 24.2 Å². The summed E-state index contributed by atoms with van der Waals surface area (Å²) in [5, 5.41) is 13.2. The fourth-order valence-corrected chi connectivity index (χ4v) is 2.75. The van der Waals surface area contributed by atoms with Crippen molar-refractivity contribution < 1.29 is 9.84 Å². The average molecular weight is 270 g/mol. The first-order chi connectivity index (χ1) is 9.11. The summed E-state index contributed by atoms with van der Waals surface area (Å²) in [6.07, 6.45) is 7.65. The molecule has 2 aliphatic rings. The van der Waals surface area contributed by atoms with Crippen molar-refractivity contribution in [3.05, 3.63) is 0 Å². The number of rotatable bonds is 8. The van der Waals surface area contributed by atoms with Crippen LogP contribution in [0, 0.1) is 0 Å². The first kappa shape index (κ1) is 15.2. The monoisotopic (exact) mass is 270 g/mol. The van der Waals surface area contributed by atoms with Crippen LogP contribution in [0.5, 0.6) is 0 Å². The Morgan fingerprint density at radius 2 is 2.11 bits per heavy atom. The second-order valence-corrected chi connectivity index (χ2v) is 6.64. The van der Waals surface area contributed by atoms with Crippen molar-refractivity contribution in [2.45, 2.75) is 63.1 Å². The predicted molar refractivity (Wildman–Crippen MR) is 77.4 cm³/mol. The predicted octanol–water partition coefficient (Wildman–Crippen LogP) is 1.38. The zero-order valence-electron chi connectivity index (χ0n) is 12.5. The molecule has 0 amide bonds. The topological polar surface area (TPSA) is 44.7 Å². The van der Waals surface area contributed by atoms with Crippen molar-refractivity contribution >= 4 is 0 Å². The molecule has 112 valence electrons. The van der Waals surface area contributed by atoms with Crippen molar-refractivity contribution in [3.8, 4) is 0 Å². The summed E-state index contributed by atoms with van der Waals surface area (Å²) in [5.41, 5.74) is -0.122. The molecule has 1 heterocycles. The largest absolute Gasteiger partial charge is 0.394 e. The van der Waals surface area contributed by atoms with E-state index in [4.69, 9.17) is 4.74 Å². The second kappa shape index (κ2) is 7.02. The first-order valence-corrected chi connectivity index (χ1v) is 7.80. The van der Waals surface area contributed by atoms with Crippen LogP contribution in [0.25, 0.3) is 0 Å². The van der Waals surface area contributed by atoms with Crippen LogP contribution in [0.15, 0.2) is 0 Å². The maximum atomic E-state index is 9.59. The van der Waals surface area contributed by atoms with Crippen LogP contribution in [0.4, 0.5) is 0 Å². The number of aliphatic hydroxyl groups excluding tert-OH is 1. The van der Waals surface area contributed by atoms with E-state index in [0.717, 1.165) is 26.1 Å². The zero-order valence-corrected chi connectivity index (χ0v) is 12.5. The van der Waals surface area contributed by atoms with Crippen molar-refractivity contribution in [1.29, 1.82) is 0 Å². The maximum absolute atomic E-state index is 9.59. The minimum atomic E-state index is -0.122. The lowest BCUT2D eigenvalue weighted by atomic mass is 9.98. The van der Waals surface area contributed by atoms with Gasteiger partial charge in [-0.05, 0) is 59.0 Å². The first-order valence-electron chi connectivity index (χ1n) is 7.80. The summed E-state index contributed by atoms with van der Waals surface area (Å²) in [6, 6.07) is 0.643. The minimum Gasteiger partial charge on any atom is -0.394 e. The molecule has 1 saturated heterocycles. The molecule has 1 aliphatic heterocycles. The standard InChI is InChI=1S/C15H30N2O2/c1-15(12-18,16-13-6-7-13)8-9-17(2)11-14-5-3-4-10-19-14/h13-14,16,18H,3-12H2,1-2H3. The molecule has 0 aromatic heterocycles. The van der Waals surface area contributed by atoms with Crippen LogP contribution >= 0.6 is 0 Å². The van der Waals surface area contributed by atoms with Crippen molar-refractivity contribution in [2.75, 3.05) is 33.4 Å². The molecule has 1 aliphatic carbocycles. The zero-order chi connectivity index (χ0) is 13.7. The van der Waals surface area contributed by atoms with E-state index in [1.807, 2.05) is 0 Å². The van der Waals surface area contributed by atoms with E-state index >= 15 is 0 Å². The molecule has 2 atom stereocenters. The number of ether oxygens (including phenoxy) is 1. The Hall–Kier alpha value is -0.160. The van der Waals surface area contributed by atoms with Crippen LogP contribution < -0.4 is 5.32 Å². The summed E-state index contributed by atoms with van der Waals surface area (Å²) < 4.78 is 5.77. The lowest BCUT2D eigenvalue weighted by Crippen LogP contribution is -2.49. The fraction of sp³-hybridized carbons (Fsp3) is 1.00. The van der Waals surface area contributed by atoms with Gasteiger partial charge in [-0.15, -0.1) is 0 Å². The van der Waals surface area contributed by atoms with Gasteiger partial charge in [-0.3, -0.25) is 0 Å². The third kappa shape index (κ3) is 5.38. The Morgan fingerprint density at radius 1 is 1.32 bits per heavy atom. The number of aliphatic hydroxyl groups is 1. The van der Waals surface area contributed by atoms with Gasteiger partial charge in [-0.2, -0.15) is 0 Å². The van der Waals surface area contributed by atoms with Gasteiger partial charge in [-0.1, -0.05) is 0 Å². The van der Waals surface area contributed by atoms with E-state index in [9.17, 15) is 5.11 Å². The van der Waals surface area contributed by atoms with Gasteiger partial charge in [0.25, 0.3) is 0 Å². The number of likely N-dealkylation sites (N-methyl/N-ethyl adjacent to an activating group) is 1. The van der Waals surface area contributed by atoms with Crippen molar-refractivity contribution in [1.82, 2.24) is 10.2 Å². The molecule has 4 nitrogen and oxygen atoms in total. The normalized spacial score (nSPS) is 27.5. The highest BCUT2D eigenvalue weighted by Crippen LogP contribution is 2.24. The van der Waals surface area contributed by atoms with Crippen LogP contribution in [0.3, 0.4) is 0 Å². The van der Waals surface area contributed by atoms with Gasteiger partial charge in [0.2, 0.25) is 0 Å². The molecular formula is C15H30N2O2. The van der Waals surface area contributed by atoms with Crippen LogP contribution in [-0.4, -0.2) is 61.0 Å². The Balaban J connectivity index is 1.66. The molecule has 0 spiro atoms. The molecular weight excluding hydrogens is 240 g/mol. The minimum absolute atomic E-state index is 0.122. The molecule has 2 unspecified atom stereocenters. The molecule has 1 saturated carbocycles. The third-order valence-electron chi connectivity index (χ3n) is 4.31. The van der Waals surface area contributed by atoms with Gasteiger partial charge in [0.15, 0.2) is 0 Å². The summed E-state index contributed by atoms with van der Waals surface area (Å²) in [4.78, 5) is 2.35. The van der Waals surface area contributed by atoms with Crippen LogP contribution in [-0.2, 0) is 4.74 Å². The van der Waals surface area contributed by atoms with Crippen LogP contribution in [0.2, 0.25) is 0 Å². The summed E-state index contributed by atoms with van der Waals surface area (Å²) >= 11 is 0. The Kier molecular flexibility index (Phi) is 5.63. The molecule has 0 aromatic carbocycles. The van der Waals surface area contributed by atoms with E-state index < -0.39 is 0 Å². The molecule has 0 radical (unpaired) electrons. The Bertz CT molecular complexity index is 265. The van der Waals surface area contributed by atoms with E-state index in [0.29, 0.717) is 12.1 Å². The highest BCUT2D eigenvalue weighted by Gasteiger charge is 2.32. The fourth-order valence-electron chi connectivity index (χ4n) is 2.75. The molecule has 19 heavy (non-hydrogen) atoms. The van der Waals surface area contributed by atoms with Gasteiger partial charge in [-0.25, -0.2) is 0 Å². The smallest absolute Gasteiger partial charge is 0.0701 e. The van der Waals surface area contributed by atoms with E-state index in [1.54, 1.807) is 0 Å². The molecule has 2 rings (SSSR count). The molecule has 2 N–H and O–H groups in total. The highest BCUT2D eigenvalue weighted by atomic mass is 16.5. The molecule has 4 heteroatoms. The number of nitrogens with zero attached hydrogens (tertiary/aromatic N) is 1. The lowest BCUT2D eigenvalue weighted by Gasteiger charge is -2.33. The molecule has 2 fully saturated rings. The van der Waals surface area contributed by atoms with Crippen molar-refractivity contribution in [3.63, 3.8) is 0 Å². The second-order valence-electron chi connectivity index (χ2n) is 6.64. The third-order valence-corrected chi connectivity index (χ3v) is 4.31. The van der Waals surface area contributed by atoms with Crippen LogP contribution in [0.1, 0.15) is 45.4 Å². The quantitative estimate of drug-likeness (QED) is 0.699. The average Bonchev–Trinajstić information content (AvgIpc) is 3.21. The Morgan fingerprint density at radius 3 is 2.68 bits per heavy atom. The number of nitrogens with one attached hydrogen (secondary N) is 1. The lowest BCUT2D eigenvalue weighted by molar-refractivity contribution is -0.00301. The maximum Gasteiger partial charge on any atom is 0.0701 e. The van der Waals surface area contributed by atoms with Gasteiger partial charge in [0.05, 0.1) is 12.7 Å². The summed E-state index contributed by atoms with van der Waals surface area (Å²) in [5.74, 6) is 0. The summed E-state index contributed by atoms with van der Waals surface area (Å²) in [6.45, 7) is 5.31. The number of hydrogen-bond donors (Lipinski definition) is 2. The van der Waals surface area contributed by atoms with Gasteiger partial charge >= 0.3 is 0 Å². The van der Waals surface area contributed by atoms with Gasteiger partial charge < -0.3 is 20.1 Å². The van der Waals surface area contributed by atoms with Gasteiger partial charge in [0.1, 0.15) is 0 Å². The molecule has 0 aromatic rings. The highest BCUT2D eigenvalue weighted by molar-refractivity contribution is 4.92. The van der Waals surface area contributed by atoms with Gasteiger partial charge in [0, 0.05) is 24.7 Å². The Labute approximate surface area is 117 Å². The molecule has 0 bridgehead atoms. The van der Waals surface area contributed by atoms with E-state index in [1.165, 1.54) is 32.1 Å². The van der Waals surface area contributed by atoms with Crippen molar-refractivity contribution in [2.24, 2.45) is 0 Å². The number of hydrogen-bond acceptors (Lipinski definition) is 4. The van der Waals surface area contributed by atoms with E-state index in [-0.39, 0.29) is 12.1 Å².